The van der Waals surface area contributed by atoms with Crippen LogP contribution in [0.3, 0.4) is 0 Å². The van der Waals surface area contributed by atoms with Crippen LogP contribution in [0.15, 0.2) is 52.1 Å². The number of fused-ring (bicyclic) bond motifs is 1. The largest absolute Gasteiger partial charge is 0.342 e. The van der Waals surface area contributed by atoms with Crippen LogP contribution in [0, 0.1) is 0 Å². The van der Waals surface area contributed by atoms with E-state index in [1.165, 1.54) is 0 Å². The molecule has 8 heteroatoms. The van der Waals surface area contributed by atoms with E-state index in [9.17, 15) is 8.42 Å². The van der Waals surface area contributed by atoms with E-state index in [0.717, 1.165) is 28.0 Å². The molecule has 4 nitrogen and oxygen atoms in total. The summed E-state index contributed by atoms with van der Waals surface area (Å²) in [5.74, 6) is 0.822. The molecule has 0 fully saturated rings. The van der Waals surface area contributed by atoms with Crippen molar-refractivity contribution in [3.8, 4) is 11.1 Å². The minimum absolute atomic E-state index is 0.0850. The van der Waals surface area contributed by atoms with Crippen LogP contribution < -0.4 is 0 Å². The number of nitrogens with one attached hydrogen (secondary N) is 1. The molecular formula is C20H16Cl2N2O2S2. The van der Waals surface area contributed by atoms with E-state index in [1.807, 2.05) is 22.9 Å². The lowest BCUT2D eigenvalue weighted by molar-refractivity contribution is 0.597. The molecule has 0 amide bonds. The quantitative estimate of drug-likeness (QED) is 0.406. The zero-order chi connectivity index (χ0) is 19.9. The smallest absolute Gasteiger partial charge is 0.178 e. The van der Waals surface area contributed by atoms with Gasteiger partial charge in [0.25, 0.3) is 0 Å². The zero-order valence-electron chi connectivity index (χ0n) is 14.9. The zero-order valence-corrected chi connectivity index (χ0v) is 18.0. The van der Waals surface area contributed by atoms with Gasteiger partial charge in [0.1, 0.15) is 11.3 Å². The van der Waals surface area contributed by atoms with E-state index < -0.39 is 9.84 Å². The van der Waals surface area contributed by atoms with Gasteiger partial charge in [-0.15, -0.1) is 0 Å². The van der Waals surface area contributed by atoms with Gasteiger partial charge in [0.2, 0.25) is 0 Å². The first-order valence-corrected chi connectivity index (χ1v) is 11.9. The first-order chi connectivity index (χ1) is 13.4. The molecule has 0 saturated carbocycles. The predicted octanol–water partition coefficient (Wildman–Crippen LogP) is 5.98. The van der Waals surface area contributed by atoms with Gasteiger partial charge >= 0.3 is 0 Å². The first kappa shape index (κ1) is 19.5. The van der Waals surface area contributed by atoms with Crippen molar-refractivity contribution in [2.75, 3.05) is 5.75 Å². The molecule has 2 heterocycles. The van der Waals surface area contributed by atoms with Crippen LogP contribution >= 0.6 is 34.5 Å². The molecule has 2 aromatic carbocycles. The molecule has 2 aromatic heterocycles. The molecule has 4 aromatic rings. The molecule has 0 atom stereocenters. The molecule has 0 aliphatic carbocycles. The average Bonchev–Trinajstić information content (AvgIpc) is 3.32. The van der Waals surface area contributed by atoms with Crippen LogP contribution in [0.4, 0.5) is 0 Å². The number of H-pyrrole nitrogens is 1. The van der Waals surface area contributed by atoms with Crippen molar-refractivity contribution >= 4 is 55.4 Å². The van der Waals surface area contributed by atoms with Gasteiger partial charge in [0.05, 0.1) is 26.2 Å². The van der Waals surface area contributed by atoms with Crippen LogP contribution in [0.25, 0.3) is 22.2 Å². The summed E-state index contributed by atoms with van der Waals surface area (Å²) >= 11 is 14.7. The summed E-state index contributed by atoms with van der Waals surface area (Å²) in [7, 11) is -3.20. The highest BCUT2D eigenvalue weighted by Gasteiger charge is 2.17. The lowest BCUT2D eigenvalue weighted by Gasteiger charge is -2.05. The molecular weight excluding hydrogens is 435 g/mol. The van der Waals surface area contributed by atoms with Crippen LogP contribution in [-0.4, -0.2) is 24.1 Å². The van der Waals surface area contributed by atoms with Crippen LogP contribution in [0.5, 0.6) is 0 Å². The van der Waals surface area contributed by atoms with Crippen molar-refractivity contribution < 1.29 is 8.42 Å². The Bertz CT molecular complexity index is 1250. The third kappa shape index (κ3) is 3.57. The molecule has 0 saturated heterocycles. The number of thiophene rings is 1. The van der Waals surface area contributed by atoms with Gasteiger partial charge in [-0.25, -0.2) is 13.4 Å². The topological polar surface area (TPSA) is 62.8 Å². The van der Waals surface area contributed by atoms with E-state index in [0.29, 0.717) is 26.9 Å². The molecule has 0 spiro atoms. The maximum atomic E-state index is 11.9. The molecule has 4 rings (SSSR count). The van der Waals surface area contributed by atoms with Crippen LogP contribution in [0.2, 0.25) is 10.0 Å². The summed E-state index contributed by atoms with van der Waals surface area (Å²) in [4.78, 5) is 8.24. The third-order valence-electron chi connectivity index (χ3n) is 4.56. The molecule has 0 radical (unpaired) electrons. The van der Waals surface area contributed by atoms with Gasteiger partial charge in [-0.3, -0.25) is 0 Å². The fraction of sp³-hybridized carbons (Fsp3) is 0.150. The van der Waals surface area contributed by atoms with Gasteiger partial charge in [-0.05, 0) is 46.2 Å². The Morgan fingerprint density at radius 3 is 2.54 bits per heavy atom. The van der Waals surface area contributed by atoms with Gasteiger partial charge in [0, 0.05) is 12.0 Å². The van der Waals surface area contributed by atoms with E-state index >= 15 is 0 Å². The Balaban J connectivity index is 1.68. The highest BCUT2D eigenvalue weighted by Crippen LogP contribution is 2.40. The number of sulfone groups is 1. The Morgan fingerprint density at radius 1 is 1.14 bits per heavy atom. The van der Waals surface area contributed by atoms with Gasteiger partial charge in [-0.1, -0.05) is 42.3 Å². The second-order valence-corrected chi connectivity index (χ2v) is 10.2. The summed E-state index contributed by atoms with van der Waals surface area (Å²) in [6, 6.07) is 10.7. The van der Waals surface area contributed by atoms with Crippen LogP contribution in [-0.2, 0) is 16.3 Å². The summed E-state index contributed by atoms with van der Waals surface area (Å²) < 4.78 is 23.9. The molecule has 28 heavy (non-hydrogen) atoms. The Kier molecular flexibility index (Phi) is 5.22. The Labute approximate surface area is 177 Å². The van der Waals surface area contributed by atoms with E-state index in [1.54, 1.807) is 42.5 Å². The monoisotopic (exact) mass is 450 g/mol. The minimum atomic E-state index is -3.20. The number of imidazole rings is 1. The minimum Gasteiger partial charge on any atom is -0.342 e. The number of rotatable bonds is 5. The normalized spacial score (nSPS) is 12.0. The summed E-state index contributed by atoms with van der Waals surface area (Å²) in [6.45, 7) is 1.64. The first-order valence-electron chi connectivity index (χ1n) is 8.60. The average molecular weight is 451 g/mol. The summed E-state index contributed by atoms with van der Waals surface area (Å²) in [5, 5.41) is 5.07. The van der Waals surface area contributed by atoms with E-state index in [4.69, 9.17) is 23.2 Å². The number of nitrogens with zero attached hydrogens (tertiary/aromatic N) is 1. The Hall–Kier alpha value is -1.86. The summed E-state index contributed by atoms with van der Waals surface area (Å²) in [5.41, 5.74) is 4.15. The molecule has 0 bridgehead atoms. The van der Waals surface area contributed by atoms with Crippen molar-refractivity contribution in [3.63, 3.8) is 0 Å². The second kappa shape index (κ2) is 7.52. The fourth-order valence-electron chi connectivity index (χ4n) is 3.06. The molecule has 0 aliphatic heterocycles. The molecule has 1 N–H and O–H groups in total. The molecule has 0 aliphatic rings. The molecule has 0 unspecified atom stereocenters. The predicted molar refractivity (Wildman–Crippen MR) is 116 cm³/mol. The van der Waals surface area contributed by atoms with Crippen molar-refractivity contribution in [1.29, 1.82) is 0 Å². The van der Waals surface area contributed by atoms with Crippen LogP contribution in [0.1, 0.15) is 18.3 Å². The highest BCUT2D eigenvalue weighted by molar-refractivity contribution is 7.91. The second-order valence-electron chi connectivity index (χ2n) is 6.36. The maximum absolute atomic E-state index is 11.9. The Morgan fingerprint density at radius 2 is 1.89 bits per heavy atom. The number of hydrogen-bond donors (Lipinski definition) is 1. The van der Waals surface area contributed by atoms with E-state index in [-0.39, 0.29) is 5.75 Å². The number of halogens is 2. The standard InChI is InChI=1S/C20H16Cl2N2O2S2/c1-2-28(25,26)14-5-3-12(4-6-14)9-17-23-16-10-15(21)18(13-7-8-27-11-13)19(22)20(16)24-17/h3-8,10-11H,2,9H2,1H3,(H,23,24). The lowest BCUT2D eigenvalue weighted by Crippen LogP contribution is -2.03. The number of aromatic amines is 1. The van der Waals surface area contributed by atoms with Gasteiger partial charge in [-0.2, -0.15) is 11.3 Å². The van der Waals surface area contributed by atoms with Crippen molar-refractivity contribution in [1.82, 2.24) is 9.97 Å². The highest BCUT2D eigenvalue weighted by atomic mass is 35.5. The SMILES string of the molecule is CCS(=O)(=O)c1ccc(Cc2nc3c(Cl)c(-c4ccsc4)c(Cl)cc3[nH]2)cc1. The van der Waals surface area contributed by atoms with Crippen molar-refractivity contribution in [3.05, 3.63) is 68.6 Å². The van der Waals surface area contributed by atoms with Crippen molar-refractivity contribution in [2.24, 2.45) is 0 Å². The van der Waals surface area contributed by atoms with Crippen molar-refractivity contribution in [2.45, 2.75) is 18.2 Å². The lowest BCUT2D eigenvalue weighted by atomic mass is 10.1. The van der Waals surface area contributed by atoms with Gasteiger partial charge < -0.3 is 4.98 Å². The summed E-state index contributed by atoms with van der Waals surface area (Å²) in [6.07, 6.45) is 0.531. The van der Waals surface area contributed by atoms with Gasteiger partial charge in [0.15, 0.2) is 9.84 Å². The maximum Gasteiger partial charge on any atom is 0.178 e. The number of aromatic nitrogens is 2. The fourth-order valence-corrected chi connectivity index (χ4v) is 5.31. The van der Waals surface area contributed by atoms with E-state index in [2.05, 4.69) is 9.97 Å². The molecule has 144 valence electrons. The third-order valence-corrected chi connectivity index (χ3v) is 7.66. The number of benzene rings is 2. The number of hydrogen-bond acceptors (Lipinski definition) is 4.